The Bertz CT molecular complexity index is 940. The summed E-state index contributed by atoms with van der Waals surface area (Å²) in [5, 5.41) is 13.4. The number of hydrogen-bond donors (Lipinski definition) is 2. The van der Waals surface area contributed by atoms with Crippen LogP contribution in [0.2, 0.25) is 0 Å². The van der Waals surface area contributed by atoms with Gasteiger partial charge in [0.05, 0.1) is 31.5 Å². The van der Waals surface area contributed by atoms with Crippen molar-refractivity contribution in [2.75, 3.05) is 19.5 Å². The Morgan fingerprint density at radius 1 is 1.04 bits per heavy atom. The van der Waals surface area contributed by atoms with Crippen LogP contribution in [-0.4, -0.2) is 25.3 Å². The molecule has 0 aromatic heterocycles. The van der Waals surface area contributed by atoms with Crippen LogP contribution in [0.4, 0.5) is 5.69 Å². The number of fused-ring (bicyclic) bond motifs is 7. The summed E-state index contributed by atoms with van der Waals surface area (Å²) in [7, 11) is 3.31. The largest absolute Gasteiger partial charge is 0.493 e. The molecule has 2 aromatic carbocycles. The Morgan fingerprint density at radius 3 is 2.54 bits per heavy atom. The fourth-order valence-electron chi connectivity index (χ4n) is 6.16. The molecule has 1 aliphatic heterocycles. The molecule has 0 saturated heterocycles. The number of para-hydroxylation sites is 2. The summed E-state index contributed by atoms with van der Waals surface area (Å²) in [6.45, 7) is 0. The van der Waals surface area contributed by atoms with Crippen molar-refractivity contribution in [2.24, 2.45) is 17.8 Å². The van der Waals surface area contributed by atoms with E-state index in [1.807, 2.05) is 18.2 Å². The van der Waals surface area contributed by atoms with E-state index < -0.39 is 5.97 Å². The van der Waals surface area contributed by atoms with E-state index >= 15 is 0 Å². The molecule has 5 atom stereocenters. The standard InChI is InChI=1S/C23H25NO4/c1-27-17-8-4-6-15(22(17)28-2)21-19-13-10-9-12(11-13)18(19)14-5-3-7-16(23(25)26)20(14)24-21/h3-8,12-13,18-19,21,24H,9-11H2,1-2H3,(H,25,26). The van der Waals surface area contributed by atoms with E-state index in [9.17, 15) is 9.90 Å². The summed E-state index contributed by atoms with van der Waals surface area (Å²) in [5.74, 6) is 2.69. The van der Waals surface area contributed by atoms with Crippen LogP contribution in [0.3, 0.4) is 0 Å². The minimum atomic E-state index is -0.887. The molecule has 5 nitrogen and oxygen atoms in total. The first-order valence-electron chi connectivity index (χ1n) is 9.97. The Balaban J connectivity index is 1.70. The average molecular weight is 379 g/mol. The molecule has 0 spiro atoms. The summed E-state index contributed by atoms with van der Waals surface area (Å²) in [5.41, 5.74) is 3.36. The number of nitrogens with one attached hydrogen (secondary N) is 1. The van der Waals surface area contributed by atoms with Gasteiger partial charge >= 0.3 is 5.97 Å². The number of carboxylic acid groups (broad SMARTS) is 1. The highest BCUT2D eigenvalue weighted by molar-refractivity contribution is 5.95. The first-order chi connectivity index (χ1) is 13.6. The smallest absolute Gasteiger partial charge is 0.337 e. The van der Waals surface area contributed by atoms with Gasteiger partial charge in [0.25, 0.3) is 0 Å². The third kappa shape index (κ3) is 2.35. The lowest BCUT2D eigenvalue weighted by Crippen LogP contribution is -2.36. The van der Waals surface area contributed by atoms with Crippen molar-refractivity contribution in [3.8, 4) is 11.5 Å². The molecule has 5 unspecified atom stereocenters. The zero-order valence-corrected chi connectivity index (χ0v) is 16.1. The van der Waals surface area contributed by atoms with E-state index in [0.29, 0.717) is 35.0 Å². The molecule has 1 heterocycles. The first-order valence-corrected chi connectivity index (χ1v) is 9.97. The number of methoxy groups -OCH3 is 2. The number of carboxylic acids is 1. The van der Waals surface area contributed by atoms with Gasteiger partial charge in [0, 0.05) is 5.56 Å². The number of rotatable bonds is 4. The van der Waals surface area contributed by atoms with Crippen LogP contribution in [0.25, 0.3) is 0 Å². The fraction of sp³-hybridized carbons (Fsp3) is 0.435. The van der Waals surface area contributed by atoms with Gasteiger partial charge < -0.3 is 19.9 Å². The van der Waals surface area contributed by atoms with Crippen molar-refractivity contribution in [1.82, 2.24) is 0 Å². The summed E-state index contributed by atoms with van der Waals surface area (Å²) >= 11 is 0. The normalized spacial score (nSPS) is 29.6. The molecule has 2 saturated carbocycles. The van der Waals surface area contributed by atoms with Gasteiger partial charge in [-0.1, -0.05) is 24.3 Å². The summed E-state index contributed by atoms with van der Waals surface area (Å²) in [6.07, 6.45) is 3.73. The van der Waals surface area contributed by atoms with Crippen molar-refractivity contribution in [1.29, 1.82) is 0 Å². The molecule has 5 rings (SSSR count). The van der Waals surface area contributed by atoms with Crippen molar-refractivity contribution in [3.63, 3.8) is 0 Å². The number of benzene rings is 2. The minimum Gasteiger partial charge on any atom is -0.493 e. The number of anilines is 1. The van der Waals surface area contributed by atoms with E-state index in [2.05, 4.69) is 17.4 Å². The van der Waals surface area contributed by atoms with Crippen LogP contribution < -0.4 is 14.8 Å². The highest BCUT2D eigenvalue weighted by Gasteiger charge is 2.54. The minimum absolute atomic E-state index is 0.0124. The molecule has 3 aliphatic rings. The van der Waals surface area contributed by atoms with E-state index in [1.165, 1.54) is 24.8 Å². The highest BCUT2D eigenvalue weighted by atomic mass is 16.5. The number of hydrogen-bond acceptors (Lipinski definition) is 4. The molecule has 5 heteroatoms. The Kier molecular flexibility index (Phi) is 4.00. The molecule has 28 heavy (non-hydrogen) atoms. The molecular formula is C23H25NO4. The highest BCUT2D eigenvalue weighted by Crippen LogP contribution is 2.64. The van der Waals surface area contributed by atoms with Gasteiger partial charge in [-0.15, -0.1) is 0 Å². The number of aromatic carboxylic acids is 1. The lowest BCUT2D eigenvalue weighted by molar-refractivity contribution is 0.0697. The monoisotopic (exact) mass is 379 g/mol. The summed E-state index contributed by atoms with van der Waals surface area (Å²) in [4.78, 5) is 11.9. The second-order valence-corrected chi connectivity index (χ2v) is 8.22. The van der Waals surface area contributed by atoms with Gasteiger partial charge in [0.2, 0.25) is 0 Å². The van der Waals surface area contributed by atoms with Gasteiger partial charge in [-0.25, -0.2) is 4.79 Å². The van der Waals surface area contributed by atoms with Gasteiger partial charge in [-0.2, -0.15) is 0 Å². The lowest BCUT2D eigenvalue weighted by atomic mass is 9.67. The lowest BCUT2D eigenvalue weighted by Gasteiger charge is -2.44. The molecule has 0 amide bonds. The maximum absolute atomic E-state index is 11.9. The van der Waals surface area contributed by atoms with Crippen LogP contribution in [0.15, 0.2) is 36.4 Å². The second kappa shape index (κ2) is 6.43. The predicted octanol–water partition coefficient (Wildman–Crippen LogP) is 4.70. The third-order valence-corrected chi connectivity index (χ3v) is 7.12. The summed E-state index contributed by atoms with van der Waals surface area (Å²) < 4.78 is 11.3. The van der Waals surface area contributed by atoms with Crippen LogP contribution >= 0.6 is 0 Å². The second-order valence-electron chi connectivity index (χ2n) is 8.22. The topological polar surface area (TPSA) is 67.8 Å². The van der Waals surface area contributed by atoms with Crippen LogP contribution in [0.5, 0.6) is 11.5 Å². The van der Waals surface area contributed by atoms with Crippen LogP contribution in [-0.2, 0) is 0 Å². The van der Waals surface area contributed by atoms with Crippen molar-refractivity contribution < 1.29 is 19.4 Å². The van der Waals surface area contributed by atoms with E-state index in [-0.39, 0.29) is 6.04 Å². The van der Waals surface area contributed by atoms with Gasteiger partial charge in [0.15, 0.2) is 11.5 Å². The van der Waals surface area contributed by atoms with Crippen LogP contribution in [0, 0.1) is 17.8 Å². The van der Waals surface area contributed by atoms with Crippen molar-refractivity contribution >= 4 is 11.7 Å². The Morgan fingerprint density at radius 2 is 1.79 bits per heavy atom. The average Bonchev–Trinajstić information content (AvgIpc) is 3.34. The maximum Gasteiger partial charge on any atom is 0.337 e. The fourth-order valence-corrected chi connectivity index (χ4v) is 6.16. The van der Waals surface area contributed by atoms with E-state index in [0.717, 1.165) is 17.0 Å². The molecule has 2 aliphatic carbocycles. The quantitative estimate of drug-likeness (QED) is 0.806. The van der Waals surface area contributed by atoms with Gasteiger partial charge in [-0.05, 0) is 60.6 Å². The van der Waals surface area contributed by atoms with Crippen molar-refractivity contribution in [3.05, 3.63) is 53.1 Å². The van der Waals surface area contributed by atoms with Crippen molar-refractivity contribution in [2.45, 2.75) is 31.2 Å². The summed E-state index contributed by atoms with van der Waals surface area (Å²) in [6, 6.07) is 11.7. The zero-order valence-electron chi connectivity index (χ0n) is 16.1. The van der Waals surface area contributed by atoms with Gasteiger partial charge in [-0.3, -0.25) is 0 Å². The zero-order chi connectivity index (χ0) is 19.4. The Hall–Kier alpha value is -2.69. The molecule has 2 aromatic rings. The third-order valence-electron chi connectivity index (χ3n) is 7.12. The SMILES string of the molecule is COc1cccc(C2Nc3c(C(=O)O)cccc3C3C4CCC(C4)C23)c1OC. The number of ether oxygens (including phenoxy) is 2. The molecule has 2 N–H and O–H groups in total. The number of carbonyl (C=O) groups is 1. The maximum atomic E-state index is 11.9. The van der Waals surface area contributed by atoms with Crippen LogP contribution in [0.1, 0.15) is 52.7 Å². The first kappa shape index (κ1) is 17.4. The molecule has 146 valence electrons. The molecular weight excluding hydrogens is 354 g/mol. The molecule has 2 bridgehead atoms. The molecule has 2 fully saturated rings. The van der Waals surface area contributed by atoms with E-state index in [4.69, 9.17) is 9.47 Å². The molecule has 0 radical (unpaired) electrons. The van der Waals surface area contributed by atoms with Gasteiger partial charge in [0.1, 0.15) is 0 Å². The predicted molar refractivity (Wildman–Crippen MR) is 106 cm³/mol. The Labute approximate surface area is 164 Å². The van der Waals surface area contributed by atoms with E-state index in [1.54, 1.807) is 20.3 Å².